The standard InChI is InChI=1S/C12H27N3O/c1-12(2,3)7-9-15-11(16)10(14)6-4-5-8-13/h10H,4-9,13-14H2,1-3H3,(H,15,16)/t10-/m1/s1. The smallest absolute Gasteiger partial charge is 0.236 e. The lowest BCUT2D eigenvalue weighted by Crippen LogP contribution is -2.41. The molecule has 0 aliphatic carbocycles. The lowest BCUT2D eigenvalue weighted by Gasteiger charge is -2.19. The van der Waals surface area contributed by atoms with E-state index in [1.807, 2.05) is 0 Å². The van der Waals surface area contributed by atoms with Crippen molar-refractivity contribution >= 4 is 5.91 Å². The molecule has 1 amide bonds. The Labute approximate surface area is 99.1 Å². The Bertz CT molecular complexity index is 199. The maximum atomic E-state index is 11.6. The number of carbonyl (C=O) groups excluding carboxylic acids is 1. The van der Waals surface area contributed by atoms with Crippen LogP contribution in [0.2, 0.25) is 0 Å². The third-order valence-corrected chi connectivity index (χ3v) is 2.48. The van der Waals surface area contributed by atoms with Crippen LogP contribution in [-0.2, 0) is 4.79 Å². The van der Waals surface area contributed by atoms with Crippen LogP contribution in [0.3, 0.4) is 0 Å². The van der Waals surface area contributed by atoms with Crippen LogP contribution in [0.5, 0.6) is 0 Å². The van der Waals surface area contributed by atoms with Gasteiger partial charge in [0, 0.05) is 6.54 Å². The SMILES string of the molecule is CC(C)(C)CCNC(=O)[C@H](N)CCCCN. The summed E-state index contributed by atoms with van der Waals surface area (Å²) in [7, 11) is 0. The van der Waals surface area contributed by atoms with E-state index in [0.717, 1.165) is 25.7 Å². The molecule has 0 aromatic heterocycles. The van der Waals surface area contributed by atoms with Crippen LogP contribution in [-0.4, -0.2) is 25.0 Å². The average molecular weight is 229 g/mol. The highest BCUT2D eigenvalue weighted by Gasteiger charge is 2.14. The predicted octanol–water partition coefficient (Wildman–Crippen LogP) is 0.995. The number of nitrogens with one attached hydrogen (secondary N) is 1. The Morgan fingerprint density at radius 3 is 2.44 bits per heavy atom. The second kappa shape index (κ2) is 7.63. The molecule has 16 heavy (non-hydrogen) atoms. The highest BCUT2D eigenvalue weighted by atomic mass is 16.2. The van der Waals surface area contributed by atoms with Gasteiger partial charge in [-0.15, -0.1) is 0 Å². The van der Waals surface area contributed by atoms with Crippen LogP contribution < -0.4 is 16.8 Å². The van der Waals surface area contributed by atoms with Crippen molar-refractivity contribution in [3.63, 3.8) is 0 Å². The van der Waals surface area contributed by atoms with Gasteiger partial charge in [0.25, 0.3) is 0 Å². The van der Waals surface area contributed by atoms with Gasteiger partial charge in [0.2, 0.25) is 5.91 Å². The maximum Gasteiger partial charge on any atom is 0.236 e. The van der Waals surface area contributed by atoms with Crippen LogP contribution in [0.25, 0.3) is 0 Å². The summed E-state index contributed by atoms with van der Waals surface area (Å²) in [5, 5.41) is 2.87. The fourth-order valence-electron chi connectivity index (χ4n) is 1.33. The summed E-state index contributed by atoms with van der Waals surface area (Å²) in [5.41, 5.74) is 11.4. The number of unbranched alkanes of at least 4 members (excludes halogenated alkanes) is 1. The zero-order valence-electron chi connectivity index (χ0n) is 10.9. The van der Waals surface area contributed by atoms with Crippen molar-refractivity contribution in [3.05, 3.63) is 0 Å². The maximum absolute atomic E-state index is 11.6. The molecule has 0 spiro atoms. The number of hydrogen-bond donors (Lipinski definition) is 3. The first-order valence-electron chi connectivity index (χ1n) is 6.10. The third kappa shape index (κ3) is 8.68. The molecule has 0 unspecified atom stereocenters. The summed E-state index contributed by atoms with van der Waals surface area (Å²) in [6.07, 6.45) is 3.54. The quantitative estimate of drug-likeness (QED) is 0.570. The molecular formula is C12H27N3O. The van der Waals surface area contributed by atoms with E-state index in [1.165, 1.54) is 0 Å². The zero-order valence-corrected chi connectivity index (χ0v) is 10.9. The van der Waals surface area contributed by atoms with Gasteiger partial charge < -0.3 is 16.8 Å². The van der Waals surface area contributed by atoms with E-state index < -0.39 is 0 Å². The first kappa shape index (κ1) is 15.4. The summed E-state index contributed by atoms with van der Waals surface area (Å²) in [6.45, 7) is 7.83. The summed E-state index contributed by atoms with van der Waals surface area (Å²) >= 11 is 0. The van der Waals surface area contributed by atoms with Crippen LogP contribution in [0.4, 0.5) is 0 Å². The molecule has 5 N–H and O–H groups in total. The monoisotopic (exact) mass is 229 g/mol. The van der Waals surface area contributed by atoms with E-state index in [9.17, 15) is 4.79 Å². The molecule has 0 aliphatic rings. The highest BCUT2D eigenvalue weighted by Crippen LogP contribution is 2.16. The van der Waals surface area contributed by atoms with E-state index in [2.05, 4.69) is 26.1 Å². The molecule has 96 valence electrons. The predicted molar refractivity (Wildman–Crippen MR) is 68.0 cm³/mol. The largest absolute Gasteiger partial charge is 0.355 e. The van der Waals surface area contributed by atoms with E-state index >= 15 is 0 Å². The fourth-order valence-corrected chi connectivity index (χ4v) is 1.33. The summed E-state index contributed by atoms with van der Waals surface area (Å²) in [4.78, 5) is 11.6. The summed E-state index contributed by atoms with van der Waals surface area (Å²) in [5.74, 6) is -0.0405. The minimum absolute atomic E-state index is 0.0405. The van der Waals surface area contributed by atoms with Gasteiger partial charge >= 0.3 is 0 Å². The zero-order chi connectivity index (χ0) is 12.6. The van der Waals surface area contributed by atoms with Crippen LogP contribution in [0.15, 0.2) is 0 Å². The summed E-state index contributed by atoms with van der Waals surface area (Å²) in [6, 6.07) is -0.383. The Kier molecular flexibility index (Phi) is 7.34. The number of hydrogen-bond acceptors (Lipinski definition) is 3. The molecular weight excluding hydrogens is 202 g/mol. The topological polar surface area (TPSA) is 81.1 Å². The first-order valence-corrected chi connectivity index (χ1v) is 6.10. The molecule has 0 aliphatic heterocycles. The van der Waals surface area contributed by atoms with Crippen LogP contribution in [0.1, 0.15) is 46.5 Å². The molecule has 0 aromatic rings. The van der Waals surface area contributed by atoms with Crippen LogP contribution in [0, 0.1) is 5.41 Å². The molecule has 0 bridgehead atoms. The van der Waals surface area contributed by atoms with Crippen LogP contribution >= 0.6 is 0 Å². The van der Waals surface area contributed by atoms with Crippen molar-refractivity contribution in [3.8, 4) is 0 Å². The highest BCUT2D eigenvalue weighted by molar-refractivity contribution is 5.81. The second-order valence-corrected chi connectivity index (χ2v) is 5.49. The molecule has 0 radical (unpaired) electrons. The van der Waals surface area contributed by atoms with E-state index in [1.54, 1.807) is 0 Å². The number of rotatable bonds is 7. The Morgan fingerprint density at radius 1 is 1.31 bits per heavy atom. The third-order valence-electron chi connectivity index (χ3n) is 2.48. The van der Waals surface area contributed by atoms with Gasteiger partial charge in [-0.3, -0.25) is 4.79 Å². The Morgan fingerprint density at radius 2 is 1.94 bits per heavy atom. The second-order valence-electron chi connectivity index (χ2n) is 5.49. The van der Waals surface area contributed by atoms with E-state index in [4.69, 9.17) is 11.5 Å². The van der Waals surface area contributed by atoms with Gasteiger partial charge in [-0.25, -0.2) is 0 Å². The number of nitrogens with two attached hydrogens (primary N) is 2. The fraction of sp³-hybridized carbons (Fsp3) is 0.917. The minimum atomic E-state index is -0.383. The van der Waals surface area contributed by atoms with Gasteiger partial charge in [0.1, 0.15) is 0 Å². The van der Waals surface area contributed by atoms with Gasteiger partial charge in [-0.05, 0) is 31.2 Å². The molecule has 0 aromatic carbocycles. The molecule has 0 saturated heterocycles. The first-order chi connectivity index (χ1) is 7.37. The molecule has 4 heteroatoms. The molecule has 4 nitrogen and oxygen atoms in total. The normalized spacial score (nSPS) is 13.6. The lowest BCUT2D eigenvalue weighted by atomic mass is 9.92. The number of amides is 1. The minimum Gasteiger partial charge on any atom is -0.355 e. The van der Waals surface area contributed by atoms with E-state index in [0.29, 0.717) is 13.1 Å². The number of carbonyl (C=O) groups is 1. The van der Waals surface area contributed by atoms with Crippen molar-refractivity contribution in [2.24, 2.45) is 16.9 Å². The molecule has 0 saturated carbocycles. The van der Waals surface area contributed by atoms with Crippen molar-refractivity contribution in [1.82, 2.24) is 5.32 Å². The summed E-state index contributed by atoms with van der Waals surface area (Å²) < 4.78 is 0. The molecule has 1 atom stereocenters. The Hall–Kier alpha value is -0.610. The molecule has 0 heterocycles. The average Bonchev–Trinajstić information content (AvgIpc) is 2.15. The molecule has 0 rings (SSSR count). The van der Waals surface area contributed by atoms with Crippen molar-refractivity contribution in [2.75, 3.05) is 13.1 Å². The van der Waals surface area contributed by atoms with Gasteiger partial charge in [0.15, 0.2) is 0 Å². The van der Waals surface area contributed by atoms with Crippen molar-refractivity contribution < 1.29 is 4.79 Å². The van der Waals surface area contributed by atoms with E-state index in [-0.39, 0.29) is 17.4 Å². The molecule has 0 fully saturated rings. The lowest BCUT2D eigenvalue weighted by molar-refractivity contribution is -0.122. The van der Waals surface area contributed by atoms with Crippen molar-refractivity contribution in [1.29, 1.82) is 0 Å². The van der Waals surface area contributed by atoms with Gasteiger partial charge in [-0.2, -0.15) is 0 Å². The van der Waals surface area contributed by atoms with Gasteiger partial charge in [0.05, 0.1) is 6.04 Å². The van der Waals surface area contributed by atoms with Crippen molar-refractivity contribution in [2.45, 2.75) is 52.5 Å². The Balaban J connectivity index is 3.63. The van der Waals surface area contributed by atoms with Gasteiger partial charge in [-0.1, -0.05) is 27.2 Å².